The Morgan fingerprint density at radius 1 is 1.47 bits per heavy atom. The molecule has 0 aliphatic rings. The molecule has 74 valence electrons. The number of hydrogen-bond acceptors (Lipinski definition) is 4. The van der Waals surface area contributed by atoms with Crippen molar-refractivity contribution in [2.24, 2.45) is 0 Å². The predicted molar refractivity (Wildman–Crippen MR) is 58.6 cm³/mol. The lowest BCUT2D eigenvalue weighted by molar-refractivity contribution is 0.964. The van der Waals surface area contributed by atoms with Crippen molar-refractivity contribution in [1.82, 2.24) is 9.97 Å². The second-order valence-corrected chi connectivity index (χ2v) is 4.19. The standard InChI is InChI=1S/C11H9N3S/c1-8-13-9(5-10(7-12)14-8)6-11-3-2-4-15-11/h2-5H,6H2,1H3. The van der Waals surface area contributed by atoms with Gasteiger partial charge in [0.05, 0.1) is 5.69 Å². The highest BCUT2D eigenvalue weighted by Gasteiger charge is 2.03. The van der Waals surface area contributed by atoms with Crippen LogP contribution in [0.25, 0.3) is 0 Å². The summed E-state index contributed by atoms with van der Waals surface area (Å²) in [6, 6.07) is 7.86. The van der Waals surface area contributed by atoms with E-state index in [1.54, 1.807) is 24.3 Å². The fourth-order valence-corrected chi connectivity index (χ4v) is 2.09. The van der Waals surface area contributed by atoms with Crippen LogP contribution in [0.4, 0.5) is 0 Å². The van der Waals surface area contributed by atoms with Gasteiger partial charge >= 0.3 is 0 Å². The van der Waals surface area contributed by atoms with Crippen molar-refractivity contribution >= 4 is 11.3 Å². The first-order valence-corrected chi connectivity index (χ1v) is 5.43. The third-order valence-corrected chi connectivity index (χ3v) is 2.82. The van der Waals surface area contributed by atoms with Gasteiger partial charge in [0.15, 0.2) is 0 Å². The normalized spacial score (nSPS) is 9.87. The number of thiophene rings is 1. The van der Waals surface area contributed by atoms with Gasteiger partial charge < -0.3 is 0 Å². The van der Waals surface area contributed by atoms with Crippen LogP contribution in [-0.2, 0) is 6.42 Å². The van der Waals surface area contributed by atoms with Crippen molar-refractivity contribution in [1.29, 1.82) is 5.26 Å². The van der Waals surface area contributed by atoms with Crippen molar-refractivity contribution < 1.29 is 0 Å². The predicted octanol–water partition coefficient (Wildman–Crippen LogP) is 2.31. The van der Waals surface area contributed by atoms with Gasteiger partial charge in [0, 0.05) is 11.3 Å². The van der Waals surface area contributed by atoms with E-state index in [9.17, 15) is 0 Å². The molecule has 3 nitrogen and oxygen atoms in total. The van der Waals surface area contributed by atoms with E-state index in [1.807, 2.05) is 17.5 Å². The fourth-order valence-electron chi connectivity index (χ4n) is 1.37. The van der Waals surface area contributed by atoms with E-state index in [-0.39, 0.29) is 0 Å². The molecule has 0 radical (unpaired) electrons. The summed E-state index contributed by atoms with van der Waals surface area (Å²) < 4.78 is 0. The van der Waals surface area contributed by atoms with Crippen molar-refractivity contribution in [3.05, 3.63) is 45.7 Å². The van der Waals surface area contributed by atoms with Crippen LogP contribution in [-0.4, -0.2) is 9.97 Å². The molecule has 15 heavy (non-hydrogen) atoms. The maximum Gasteiger partial charge on any atom is 0.144 e. The zero-order valence-electron chi connectivity index (χ0n) is 8.27. The molecule has 0 fully saturated rings. The van der Waals surface area contributed by atoms with E-state index in [2.05, 4.69) is 16.0 Å². The van der Waals surface area contributed by atoms with Crippen LogP contribution in [0, 0.1) is 18.3 Å². The minimum Gasteiger partial charge on any atom is -0.238 e. The number of nitriles is 1. The van der Waals surface area contributed by atoms with Crippen LogP contribution < -0.4 is 0 Å². The number of aryl methyl sites for hydroxylation is 1. The molecule has 0 bridgehead atoms. The average Bonchev–Trinajstić information content (AvgIpc) is 2.69. The first-order valence-electron chi connectivity index (χ1n) is 4.55. The Morgan fingerprint density at radius 3 is 3.00 bits per heavy atom. The number of hydrogen-bond donors (Lipinski definition) is 0. The summed E-state index contributed by atoms with van der Waals surface area (Å²) in [4.78, 5) is 9.56. The Balaban J connectivity index is 2.29. The molecule has 0 saturated heterocycles. The molecule has 0 spiro atoms. The summed E-state index contributed by atoms with van der Waals surface area (Å²) >= 11 is 1.69. The van der Waals surface area contributed by atoms with Crippen LogP contribution in [0.15, 0.2) is 23.6 Å². The number of rotatable bonds is 2. The largest absolute Gasteiger partial charge is 0.238 e. The second-order valence-electron chi connectivity index (χ2n) is 3.16. The third kappa shape index (κ3) is 2.39. The molecule has 0 atom stereocenters. The van der Waals surface area contributed by atoms with Crippen molar-refractivity contribution in [2.45, 2.75) is 13.3 Å². The Labute approximate surface area is 92.1 Å². The first-order chi connectivity index (χ1) is 7.28. The van der Waals surface area contributed by atoms with E-state index in [0.717, 1.165) is 12.1 Å². The van der Waals surface area contributed by atoms with Crippen molar-refractivity contribution in [3.8, 4) is 6.07 Å². The minimum atomic E-state index is 0.439. The van der Waals surface area contributed by atoms with E-state index in [4.69, 9.17) is 5.26 Å². The summed E-state index contributed by atoms with van der Waals surface area (Å²) in [6.45, 7) is 1.80. The Morgan fingerprint density at radius 2 is 2.33 bits per heavy atom. The van der Waals surface area contributed by atoms with Crippen LogP contribution in [0.1, 0.15) is 22.1 Å². The van der Waals surface area contributed by atoms with Crippen LogP contribution in [0.5, 0.6) is 0 Å². The van der Waals surface area contributed by atoms with Gasteiger partial charge in [-0.25, -0.2) is 9.97 Å². The lowest BCUT2D eigenvalue weighted by Crippen LogP contribution is -1.98. The monoisotopic (exact) mass is 215 g/mol. The van der Waals surface area contributed by atoms with Crippen LogP contribution >= 0.6 is 11.3 Å². The zero-order valence-corrected chi connectivity index (χ0v) is 9.08. The Kier molecular flexibility index (Phi) is 2.75. The molecule has 2 rings (SSSR count). The molecule has 2 aromatic heterocycles. The molecule has 0 aromatic carbocycles. The van der Waals surface area contributed by atoms with Gasteiger partial charge in [-0.15, -0.1) is 11.3 Å². The molecule has 0 N–H and O–H groups in total. The summed E-state index contributed by atoms with van der Waals surface area (Å²) in [5, 5.41) is 10.8. The minimum absolute atomic E-state index is 0.439. The lowest BCUT2D eigenvalue weighted by atomic mass is 10.2. The molecule has 0 aliphatic heterocycles. The van der Waals surface area contributed by atoms with E-state index in [1.165, 1.54) is 4.88 Å². The maximum absolute atomic E-state index is 8.77. The SMILES string of the molecule is Cc1nc(C#N)cc(Cc2cccs2)n1. The van der Waals surface area contributed by atoms with Gasteiger partial charge in [-0.3, -0.25) is 0 Å². The van der Waals surface area contributed by atoms with Gasteiger partial charge in [-0.05, 0) is 24.4 Å². The van der Waals surface area contributed by atoms with Gasteiger partial charge in [0.2, 0.25) is 0 Å². The quantitative estimate of drug-likeness (QED) is 0.772. The molecule has 0 amide bonds. The van der Waals surface area contributed by atoms with Gasteiger partial charge in [0.25, 0.3) is 0 Å². The van der Waals surface area contributed by atoms with Gasteiger partial charge in [-0.2, -0.15) is 5.26 Å². The summed E-state index contributed by atoms with van der Waals surface area (Å²) in [6.07, 6.45) is 0.774. The molecule has 2 heterocycles. The highest BCUT2D eigenvalue weighted by Crippen LogP contribution is 2.13. The van der Waals surface area contributed by atoms with Crippen LogP contribution in [0.3, 0.4) is 0 Å². The van der Waals surface area contributed by atoms with Crippen molar-refractivity contribution in [3.63, 3.8) is 0 Å². The van der Waals surface area contributed by atoms with E-state index < -0.39 is 0 Å². The average molecular weight is 215 g/mol. The molecule has 2 aromatic rings. The highest BCUT2D eigenvalue weighted by molar-refractivity contribution is 7.09. The maximum atomic E-state index is 8.77. The highest BCUT2D eigenvalue weighted by atomic mass is 32.1. The van der Waals surface area contributed by atoms with Crippen LogP contribution in [0.2, 0.25) is 0 Å². The summed E-state index contributed by atoms with van der Waals surface area (Å²) in [5.41, 5.74) is 1.34. The molecule has 4 heteroatoms. The third-order valence-electron chi connectivity index (χ3n) is 1.94. The van der Waals surface area contributed by atoms with E-state index >= 15 is 0 Å². The molecular formula is C11H9N3S. The number of nitrogens with zero attached hydrogens (tertiary/aromatic N) is 3. The molecular weight excluding hydrogens is 206 g/mol. The smallest absolute Gasteiger partial charge is 0.144 e. The first kappa shape index (κ1) is 9.81. The molecule has 0 unspecified atom stereocenters. The fraction of sp³-hybridized carbons (Fsp3) is 0.182. The second kappa shape index (κ2) is 4.20. The molecule has 0 saturated carbocycles. The topological polar surface area (TPSA) is 49.6 Å². The van der Waals surface area contributed by atoms with Gasteiger partial charge in [-0.1, -0.05) is 6.07 Å². The van der Waals surface area contributed by atoms with Gasteiger partial charge in [0.1, 0.15) is 17.6 Å². The lowest BCUT2D eigenvalue weighted by Gasteiger charge is -2.00. The number of aromatic nitrogens is 2. The Bertz CT molecular complexity index is 497. The zero-order chi connectivity index (χ0) is 10.7. The molecule has 0 aliphatic carbocycles. The van der Waals surface area contributed by atoms with E-state index in [0.29, 0.717) is 11.5 Å². The summed E-state index contributed by atoms with van der Waals surface area (Å²) in [5.74, 6) is 0.653. The van der Waals surface area contributed by atoms with Crippen molar-refractivity contribution in [2.75, 3.05) is 0 Å². The summed E-state index contributed by atoms with van der Waals surface area (Å²) in [7, 11) is 0. The Hall–Kier alpha value is -1.73.